The summed E-state index contributed by atoms with van der Waals surface area (Å²) in [5.74, 6) is -1.10. The topological polar surface area (TPSA) is 97.0 Å². The third kappa shape index (κ3) is 5.25. The molecule has 3 rings (SSSR count). The van der Waals surface area contributed by atoms with Crippen LogP contribution in [0.2, 0.25) is 0 Å². The van der Waals surface area contributed by atoms with Gasteiger partial charge in [-0.2, -0.15) is 0 Å². The minimum absolute atomic E-state index is 0.0315. The van der Waals surface area contributed by atoms with Crippen LogP contribution in [0, 0.1) is 6.92 Å². The molecule has 1 aliphatic rings. The number of methoxy groups -OCH3 is 2. The van der Waals surface area contributed by atoms with Gasteiger partial charge in [-0.1, -0.05) is 0 Å². The van der Waals surface area contributed by atoms with Crippen molar-refractivity contribution in [2.24, 2.45) is 0 Å². The van der Waals surface area contributed by atoms with Gasteiger partial charge in [-0.3, -0.25) is 4.79 Å². The quantitative estimate of drug-likeness (QED) is 0.494. The summed E-state index contributed by atoms with van der Waals surface area (Å²) in [7, 11) is 2.54. The van der Waals surface area contributed by atoms with Crippen molar-refractivity contribution in [1.82, 2.24) is 4.90 Å². The van der Waals surface area contributed by atoms with E-state index in [0.717, 1.165) is 37.3 Å². The molecule has 2 N–H and O–H groups in total. The van der Waals surface area contributed by atoms with Crippen LogP contribution in [0.25, 0.3) is 0 Å². The van der Waals surface area contributed by atoms with Gasteiger partial charge in [-0.15, -0.1) is 11.3 Å². The van der Waals surface area contributed by atoms with E-state index in [9.17, 15) is 14.4 Å². The van der Waals surface area contributed by atoms with Gasteiger partial charge in [-0.05, 0) is 68.2 Å². The number of hydrogen-bond donors (Lipinski definition) is 2. The molecular formula is C22H25N3O5S2. The first-order valence-corrected chi connectivity index (χ1v) is 11.4. The number of piperidine rings is 1. The Morgan fingerprint density at radius 2 is 1.59 bits per heavy atom. The van der Waals surface area contributed by atoms with Gasteiger partial charge in [0.1, 0.15) is 9.88 Å². The van der Waals surface area contributed by atoms with Gasteiger partial charge in [0.25, 0.3) is 5.91 Å². The Kier molecular flexibility index (Phi) is 7.81. The van der Waals surface area contributed by atoms with Crippen LogP contribution in [0.1, 0.15) is 55.2 Å². The van der Waals surface area contributed by atoms with Gasteiger partial charge in [0.05, 0.1) is 19.8 Å². The van der Waals surface area contributed by atoms with Crippen LogP contribution in [0.4, 0.5) is 10.7 Å². The van der Waals surface area contributed by atoms with Crippen molar-refractivity contribution in [2.45, 2.75) is 26.2 Å². The zero-order valence-corrected chi connectivity index (χ0v) is 19.8. The lowest BCUT2D eigenvalue weighted by molar-refractivity contribution is 0.0601. The normalized spacial score (nSPS) is 13.3. The maximum Gasteiger partial charge on any atom is 0.348 e. The number of thiocarbonyl (C=S) groups is 1. The Labute approximate surface area is 195 Å². The molecule has 1 aliphatic heterocycles. The van der Waals surface area contributed by atoms with Crippen molar-refractivity contribution >= 4 is 57.2 Å². The Balaban J connectivity index is 1.71. The summed E-state index contributed by atoms with van der Waals surface area (Å²) in [6.45, 7) is 3.24. The van der Waals surface area contributed by atoms with Gasteiger partial charge in [0.2, 0.25) is 0 Å². The second kappa shape index (κ2) is 10.6. The van der Waals surface area contributed by atoms with Crippen LogP contribution in [0.3, 0.4) is 0 Å². The number of hydrogen-bond acceptors (Lipinski definition) is 7. The van der Waals surface area contributed by atoms with E-state index in [1.54, 1.807) is 31.2 Å². The van der Waals surface area contributed by atoms with E-state index < -0.39 is 11.9 Å². The number of likely N-dealkylation sites (tertiary alicyclic amines) is 1. The monoisotopic (exact) mass is 475 g/mol. The number of nitrogens with zero attached hydrogens (tertiary/aromatic N) is 1. The average molecular weight is 476 g/mol. The number of carbonyl (C=O) groups is 3. The van der Waals surface area contributed by atoms with Gasteiger partial charge in [0.15, 0.2) is 5.11 Å². The Bertz CT molecular complexity index is 1030. The van der Waals surface area contributed by atoms with Crippen molar-refractivity contribution in [3.8, 4) is 0 Å². The SMILES string of the molecule is COC(=O)c1sc(NC(=S)Nc2ccc(C(=O)N3CCCCC3)cc2)c(C(=O)OC)c1C. The summed E-state index contributed by atoms with van der Waals surface area (Å²) in [4.78, 5) is 39.0. The van der Waals surface area contributed by atoms with E-state index in [2.05, 4.69) is 10.6 Å². The molecule has 0 aliphatic carbocycles. The molecule has 0 bridgehead atoms. The Hall–Kier alpha value is -2.98. The molecular weight excluding hydrogens is 450 g/mol. The smallest absolute Gasteiger partial charge is 0.348 e. The number of esters is 2. The van der Waals surface area contributed by atoms with Crippen LogP contribution in [-0.4, -0.2) is 55.2 Å². The third-order valence-corrected chi connectivity index (χ3v) is 6.56. The predicted molar refractivity (Wildman–Crippen MR) is 128 cm³/mol. The molecule has 0 atom stereocenters. The maximum atomic E-state index is 12.6. The fraction of sp³-hybridized carbons (Fsp3) is 0.364. The highest BCUT2D eigenvalue weighted by Crippen LogP contribution is 2.34. The van der Waals surface area contributed by atoms with Crippen molar-refractivity contribution in [1.29, 1.82) is 0 Å². The van der Waals surface area contributed by atoms with Crippen LogP contribution < -0.4 is 10.6 Å². The van der Waals surface area contributed by atoms with Crippen molar-refractivity contribution < 1.29 is 23.9 Å². The first kappa shape index (κ1) is 23.7. The summed E-state index contributed by atoms with van der Waals surface area (Å²) in [5, 5.41) is 6.59. The number of rotatable bonds is 5. The van der Waals surface area contributed by atoms with Gasteiger partial charge < -0.3 is 25.0 Å². The van der Waals surface area contributed by atoms with Crippen LogP contribution in [0.15, 0.2) is 24.3 Å². The number of nitrogens with one attached hydrogen (secondary N) is 2. The fourth-order valence-electron chi connectivity index (χ4n) is 3.48. The number of ether oxygens (including phenoxy) is 2. The molecule has 8 nitrogen and oxygen atoms in total. The molecule has 0 spiro atoms. The molecule has 2 aromatic rings. The fourth-order valence-corrected chi connectivity index (χ4v) is 4.88. The van der Waals surface area contributed by atoms with Gasteiger partial charge in [-0.25, -0.2) is 9.59 Å². The summed E-state index contributed by atoms with van der Waals surface area (Å²) in [6.07, 6.45) is 3.25. The third-order valence-electron chi connectivity index (χ3n) is 5.17. The Morgan fingerprint density at radius 1 is 0.969 bits per heavy atom. The second-order valence-electron chi connectivity index (χ2n) is 7.25. The highest BCUT2D eigenvalue weighted by molar-refractivity contribution is 7.80. The molecule has 0 saturated carbocycles. The highest BCUT2D eigenvalue weighted by Gasteiger charge is 2.26. The molecule has 1 saturated heterocycles. The number of amides is 1. The zero-order valence-electron chi connectivity index (χ0n) is 18.1. The molecule has 1 aromatic heterocycles. The number of carbonyl (C=O) groups excluding carboxylic acids is 3. The summed E-state index contributed by atoms with van der Waals surface area (Å²) < 4.78 is 9.63. The highest BCUT2D eigenvalue weighted by atomic mass is 32.1. The summed E-state index contributed by atoms with van der Waals surface area (Å²) in [5.41, 5.74) is 1.99. The molecule has 0 unspecified atom stereocenters. The molecule has 32 heavy (non-hydrogen) atoms. The summed E-state index contributed by atoms with van der Waals surface area (Å²) >= 11 is 6.43. The van der Waals surface area contributed by atoms with E-state index in [4.69, 9.17) is 21.7 Å². The van der Waals surface area contributed by atoms with Crippen molar-refractivity contribution in [3.05, 3.63) is 45.8 Å². The lowest BCUT2D eigenvalue weighted by Gasteiger charge is -2.26. The largest absolute Gasteiger partial charge is 0.465 e. The molecule has 1 aromatic carbocycles. The Morgan fingerprint density at radius 3 is 2.19 bits per heavy atom. The molecule has 0 radical (unpaired) electrons. The van der Waals surface area contributed by atoms with E-state index in [1.165, 1.54) is 20.6 Å². The number of benzene rings is 1. The predicted octanol–water partition coefficient (Wildman–Crippen LogP) is 4.06. The van der Waals surface area contributed by atoms with E-state index in [0.29, 0.717) is 26.7 Å². The van der Waals surface area contributed by atoms with Crippen molar-refractivity contribution in [3.63, 3.8) is 0 Å². The van der Waals surface area contributed by atoms with E-state index in [1.807, 2.05) is 4.90 Å². The van der Waals surface area contributed by atoms with E-state index >= 15 is 0 Å². The number of thiophene rings is 1. The average Bonchev–Trinajstić information content (AvgIpc) is 3.14. The number of anilines is 2. The molecule has 10 heteroatoms. The maximum absolute atomic E-state index is 12.6. The minimum Gasteiger partial charge on any atom is -0.465 e. The standard InChI is InChI=1S/C22H25N3O5S2/c1-13-16(20(27)29-2)18(32-17(13)21(28)30-3)24-22(31)23-15-9-7-14(8-10-15)19(26)25-11-5-4-6-12-25/h7-10H,4-6,11-12H2,1-3H3,(H2,23,24,31). The van der Waals surface area contributed by atoms with Crippen molar-refractivity contribution in [2.75, 3.05) is 37.9 Å². The van der Waals surface area contributed by atoms with Crippen LogP contribution in [-0.2, 0) is 9.47 Å². The molecule has 170 valence electrons. The van der Waals surface area contributed by atoms with Crippen LogP contribution in [0.5, 0.6) is 0 Å². The van der Waals surface area contributed by atoms with Gasteiger partial charge >= 0.3 is 11.9 Å². The first-order valence-electron chi connectivity index (χ1n) is 10.1. The minimum atomic E-state index is -0.584. The first-order chi connectivity index (χ1) is 15.3. The summed E-state index contributed by atoms with van der Waals surface area (Å²) in [6, 6.07) is 7.05. The molecule has 2 heterocycles. The molecule has 1 fully saturated rings. The zero-order chi connectivity index (χ0) is 23.3. The van der Waals surface area contributed by atoms with Gasteiger partial charge in [0, 0.05) is 24.3 Å². The lowest BCUT2D eigenvalue weighted by atomic mass is 10.1. The lowest BCUT2D eigenvalue weighted by Crippen LogP contribution is -2.35. The van der Waals surface area contributed by atoms with E-state index in [-0.39, 0.29) is 16.6 Å². The second-order valence-corrected chi connectivity index (χ2v) is 8.68. The van der Waals surface area contributed by atoms with Crippen LogP contribution >= 0.6 is 23.6 Å². The molecule has 1 amide bonds.